The molecule has 0 aliphatic heterocycles. The fraction of sp³-hybridized carbons (Fsp3) is 0.400. The van der Waals surface area contributed by atoms with Crippen molar-refractivity contribution in [3.05, 3.63) is 29.3 Å². The van der Waals surface area contributed by atoms with Gasteiger partial charge in [0, 0.05) is 25.8 Å². The molecule has 0 saturated carbocycles. The van der Waals surface area contributed by atoms with Crippen molar-refractivity contribution < 1.29 is 23.4 Å². The van der Waals surface area contributed by atoms with Crippen LogP contribution in [0.5, 0.6) is 17.2 Å². The van der Waals surface area contributed by atoms with E-state index in [0.29, 0.717) is 48.8 Å². The molecule has 0 unspecified atom stereocenters. The number of hydrogen-bond acceptors (Lipinski definition) is 8. The first kappa shape index (κ1) is 21.1. The molecule has 2 rings (SSSR count). The van der Waals surface area contributed by atoms with Gasteiger partial charge in [-0.1, -0.05) is 0 Å². The van der Waals surface area contributed by atoms with Crippen molar-refractivity contribution >= 4 is 18.0 Å². The van der Waals surface area contributed by atoms with Crippen LogP contribution in [0.25, 0.3) is 12.2 Å². The Morgan fingerprint density at radius 3 is 2.43 bits per heavy atom. The van der Waals surface area contributed by atoms with Gasteiger partial charge in [-0.05, 0) is 37.1 Å². The van der Waals surface area contributed by atoms with Crippen molar-refractivity contribution in [1.82, 2.24) is 4.98 Å². The number of ether oxygens (including phenoxy) is 4. The van der Waals surface area contributed by atoms with E-state index < -0.39 is 0 Å². The van der Waals surface area contributed by atoms with Crippen molar-refractivity contribution in [2.45, 2.75) is 13.3 Å². The van der Waals surface area contributed by atoms with Gasteiger partial charge < -0.3 is 28.7 Å². The van der Waals surface area contributed by atoms with Crippen molar-refractivity contribution in [3.8, 4) is 23.3 Å². The first-order valence-electron chi connectivity index (χ1n) is 8.87. The van der Waals surface area contributed by atoms with Gasteiger partial charge in [0.25, 0.3) is 0 Å². The van der Waals surface area contributed by atoms with E-state index in [4.69, 9.17) is 23.4 Å². The lowest BCUT2D eigenvalue weighted by Gasteiger charge is -2.12. The van der Waals surface area contributed by atoms with E-state index in [0.717, 1.165) is 12.0 Å². The third-order valence-corrected chi connectivity index (χ3v) is 3.81. The molecule has 1 heterocycles. The average molecular weight is 387 g/mol. The predicted octanol–water partition coefficient (Wildman–Crippen LogP) is 3.58. The quantitative estimate of drug-likeness (QED) is 0.584. The van der Waals surface area contributed by atoms with Crippen molar-refractivity contribution in [3.63, 3.8) is 0 Å². The van der Waals surface area contributed by atoms with Gasteiger partial charge in [0.1, 0.15) is 6.07 Å². The molecule has 1 aromatic carbocycles. The highest BCUT2D eigenvalue weighted by Gasteiger charge is 2.13. The molecule has 0 atom stereocenters. The zero-order valence-electron chi connectivity index (χ0n) is 16.6. The Hall–Kier alpha value is -3.18. The molecule has 0 spiro atoms. The number of benzene rings is 1. The van der Waals surface area contributed by atoms with Crippen LogP contribution in [0.15, 0.2) is 16.5 Å². The number of oxazole rings is 1. The Labute approximate surface area is 164 Å². The zero-order chi connectivity index (χ0) is 20.4. The molecule has 150 valence electrons. The van der Waals surface area contributed by atoms with E-state index in [1.165, 1.54) is 0 Å². The van der Waals surface area contributed by atoms with E-state index in [-0.39, 0.29) is 5.69 Å². The second-order valence-corrected chi connectivity index (χ2v) is 5.61. The molecule has 0 bridgehead atoms. The number of methoxy groups -OCH3 is 3. The third-order valence-electron chi connectivity index (χ3n) is 3.81. The van der Waals surface area contributed by atoms with Crippen LogP contribution in [0, 0.1) is 11.3 Å². The summed E-state index contributed by atoms with van der Waals surface area (Å²) in [7, 11) is 4.66. The number of nitrogens with one attached hydrogen (secondary N) is 1. The van der Waals surface area contributed by atoms with Gasteiger partial charge in [-0.3, -0.25) is 0 Å². The van der Waals surface area contributed by atoms with Gasteiger partial charge in [-0.2, -0.15) is 10.2 Å². The minimum atomic E-state index is 0.209. The molecule has 1 aromatic heterocycles. The number of rotatable bonds is 11. The van der Waals surface area contributed by atoms with E-state index in [9.17, 15) is 5.26 Å². The highest BCUT2D eigenvalue weighted by atomic mass is 16.5. The number of anilines is 1. The third kappa shape index (κ3) is 5.41. The molecule has 0 saturated heterocycles. The smallest absolute Gasteiger partial charge is 0.232 e. The lowest BCUT2D eigenvalue weighted by Crippen LogP contribution is -2.05. The first-order valence-corrected chi connectivity index (χ1v) is 8.87. The molecule has 0 radical (unpaired) electrons. The monoisotopic (exact) mass is 387 g/mol. The molecule has 0 fully saturated rings. The zero-order valence-corrected chi connectivity index (χ0v) is 16.6. The van der Waals surface area contributed by atoms with Gasteiger partial charge in [-0.15, -0.1) is 0 Å². The molecule has 8 heteroatoms. The van der Waals surface area contributed by atoms with E-state index in [1.54, 1.807) is 45.6 Å². The summed E-state index contributed by atoms with van der Waals surface area (Å²) in [6.45, 7) is 3.90. The van der Waals surface area contributed by atoms with Gasteiger partial charge >= 0.3 is 0 Å². The van der Waals surface area contributed by atoms with Crippen LogP contribution in [0.4, 0.5) is 5.88 Å². The normalized spacial score (nSPS) is 10.7. The second-order valence-electron chi connectivity index (χ2n) is 5.61. The maximum absolute atomic E-state index is 9.24. The molecular formula is C20H25N3O5. The summed E-state index contributed by atoms with van der Waals surface area (Å²) in [5.41, 5.74) is 1.01. The average Bonchev–Trinajstić information content (AvgIpc) is 3.13. The molecule has 0 aliphatic rings. The van der Waals surface area contributed by atoms with Gasteiger partial charge in [0.15, 0.2) is 11.5 Å². The predicted molar refractivity (Wildman–Crippen MR) is 106 cm³/mol. The SMILES string of the molecule is CCOCCCNc1oc(/C=C/c2cc(OC)c(OC)c(OC)c2)nc1C#N. The largest absolute Gasteiger partial charge is 0.493 e. The van der Waals surface area contributed by atoms with E-state index in [2.05, 4.69) is 10.3 Å². The summed E-state index contributed by atoms with van der Waals surface area (Å²) in [6.07, 6.45) is 4.26. The Kier molecular flexibility index (Phi) is 8.18. The topological polar surface area (TPSA) is 98.8 Å². The van der Waals surface area contributed by atoms with Crippen molar-refractivity contribution in [2.24, 2.45) is 0 Å². The van der Waals surface area contributed by atoms with Crippen LogP contribution in [0.3, 0.4) is 0 Å². The van der Waals surface area contributed by atoms with Crippen LogP contribution in [0.1, 0.15) is 30.5 Å². The number of aromatic nitrogens is 1. The standard InChI is InChI=1S/C20H25N3O5/c1-5-27-10-6-9-22-20-15(13-21)23-18(28-20)8-7-14-11-16(24-2)19(26-4)17(12-14)25-3/h7-8,11-12,22H,5-6,9-10H2,1-4H3/b8-7+. The summed E-state index contributed by atoms with van der Waals surface area (Å²) in [6, 6.07) is 5.64. The molecular weight excluding hydrogens is 362 g/mol. The first-order chi connectivity index (χ1) is 13.7. The minimum absolute atomic E-state index is 0.209. The maximum Gasteiger partial charge on any atom is 0.232 e. The lowest BCUT2D eigenvalue weighted by atomic mass is 10.1. The fourth-order valence-corrected chi connectivity index (χ4v) is 2.49. The molecule has 2 aromatic rings. The molecule has 28 heavy (non-hydrogen) atoms. The summed E-state index contributed by atoms with van der Waals surface area (Å²) >= 11 is 0. The molecule has 0 aliphatic carbocycles. The Morgan fingerprint density at radius 1 is 1.14 bits per heavy atom. The van der Waals surface area contributed by atoms with E-state index in [1.807, 2.05) is 13.0 Å². The van der Waals surface area contributed by atoms with Crippen LogP contribution in [-0.2, 0) is 4.74 Å². The van der Waals surface area contributed by atoms with Crippen LogP contribution < -0.4 is 19.5 Å². The number of nitriles is 1. The van der Waals surface area contributed by atoms with Gasteiger partial charge in [0.05, 0.1) is 21.3 Å². The van der Waals surface area contributed by atoms with Crippen molar-refractivity contribution in [2.75, 3.05) is 46.4 Å². The minimum Gasteiger partial charge on any atom is -0.493 e. The Bertz CT molecular complexity index is 814. The van der Waals surface area contributed by atoms with Gasteiger partial charge in [-0.25, -0.2) is 0 Å². The molecule has 8 nitrogen and oxygen atoms in total. The van der Waals surface area contributed by atoms with Crippen molar-refractivity contribution in [1.29, 1.82) is 5.26 Å². The number of nitrogens with zero attached hydrogens (tertiary/aromatic N) is 2. The second kappa shape index (κ2) is 10.8. The Morgan fingerprint density at radius 2 is 1.86 bits per heavy atom. The van der Waals surface area contributed by atoms with E-state index >= 15 is 0 Å². The molecule has 0 amide bonds. The van der Waals surface area contributed by atoms with Gasteiger partial charge in [0.2, 0.25) is 23.2 Å². The summed E-state index contributed by atoms with van der Waals surface area (Å²) in [4.78, 5) is 4.18. The van der Waals surface area contributed by atoms with Crippen LogP contribution >= 0.6 is 0 Å². The van der Waals surface area contributed by atoms with Crippen LogP contribution in [0.2, 0.25) is 0 Å². The maximum atomic E-state index is 9.24. The summed E-state index contributed by atoms with van der Waals surface area (Å²) in [5.74, 6) is 2.27. The molecule has 1 N–H and O–H groups in total. The lowest BCUT2D eigenvalue weighted by molar-refractivity contribution is 0.147. The number of hydrogen-bond donors (Lipinski definition) is 1. The summed E-state index contributed by atoms with van der Waals surface area (Å²) < 4.78 is 26.9. The fourth-order valence-electron chi connectivity index (χ4n) is 2.49. The van der Waals surface area contributed by atoms with Crippen LogP contribution in [-0.4, -0.2) is 46.1 Å². The Balaban J connectivity index is 2.15. The highest BCUT2D eigenvalue weighted by Crippen LogP contribution is 2.38. The highest BCUT2D eigenvalue weighted by molar-refractivity contribution is 5.71. The summed E-state index contributed by atoms with van der Waals surface area (Å²) in [5, 5.41) is 12.3.